The first kappa shape index (κ1) is 25.6. The van der Waals surface area contributed by atoms with E-state index in [2.05, 4.69) is 10.3 Å². The number of hydrogen-bond donors (Lipinski definition) is 3. The van der Waals surface area contributed by atoms with Crippen LogP contribution in [-0.2, 0) is 22.4 Å². The summed E-state index contributed by atoms with van der Waals surface area (Å²) in [4.78, 5) is 42.8. The van der Waals surface area contributed by atoms with E-state index in [0.29, 0.717) is 11.6 Å². The van der Waals surface area contributed by atoms with Crippen molar-refractivity contribution in [2.75, 3.05) is 7.05 Å². The standard InChI is InChI=1S/C28H25F2N3O4/c1-33(27(35)18-12-20(29)15-21(30)13-18)25(11-17-7-3-2-4-8-17)26(34)32-24(28(36)37)14-19-16-31-23-10-6-5-9-22(19)23/h2-10,12-13,15-16,24-25,31H,11,14H2,1H3,(H,32,34)(H,36,37)/t24-,25-/m0/s1. The van der Waals surface area contributed by atoms with Crippen molar-refractivity contribution in [3.8, 4) is 0 Å². The van der Waals surface area contributed by atoms with E-state index in [9.17, 15) is 28.3 Å². The number of benzene rings is 3. The van der Waals surface area contributed by atoms with Crippen molar-refractivity contribution in [1.29, 1.82) is 0 Å². The average molecular weight is 506 g/mol. The van der Waals surface area contributed by atoms with Gasteiger partial charge in [-0.05, 0) is 29.3 Å². The molecule has 0 radical (unpaired) electrons. The summed E-state index contributed by atoms with van der Waals surface area (Å²) >= 11 is 0. The molecule has 3 N–H and O–H groups in total. The summed E-state index contributed by atoms with van der Waals surface area (Å²) in [6.45, 7) is 0. The molecule has 9 heteroatoms. The van der Waals surface area contributed by atoms with Gasteiger partial charge in [-0.15, -0.1) is 0 Å². The topological polar surface area (TPSA) is 103 Å². The first-order chi connectivity index (χ1) is 17.7. The van der Waals surface area contributed by atoms with Gasteiger partial charge in [-0.25, -0.2) is 13.6 Å². The summed E-state index contributed by atoms with van der Waals surface area (Å²) in [5.41, 5.74) is 2.00. The van der Waals surface area contributed by atoms with Crippen LogP contribution in [0, 0.1) is 11.6 Å². The van der Waals surface area contributed by atoms with Crippen LogP contribution in [0.2, 0.25) is 0 Å². The lowest BCUT2D eigenvalue weighted by molar-refractivity contribution is -0.142. The lowest BCUT2D eigenvalue weighted by Crippen LogP contribution is -2.53. The number of carboxylic acid groups (broad SMARTS) is 1. The Hall–Kier alpha value is -4.53. The van der Waals surface area contributed by atoms with E-state index < -0.39 is 41.5 Å². The van der Waals surface area contributed by atoms with Crippen LogP contribution in [0.1, 0.15) is 21.5 Å². The summed E-state index contributed by atoms with van der Waals surface area (Å²) in [6, 6.07) is 16.3. The van der Waals surface area contributed by atoms with Gasteiger partial charge in [0.15, 0.2) is 0 Å². The molecular formula is C28H25F2N3O4. The smallest absolute Gasteiger partial charge is 0.326 e. The minimum atomic E-state index is -1.28. The molecule has 37 heavy (non-hydrogen) atoms. The molecule has 190 valence electrons. The first-order valence-electron chi connectivity index (χ1n) is 11.6. The number of hydrogen-bond acceptors (Lipinski definition) is 3. The van der Waals surface area contributed by atoms with Gasteiger partial charge in [0.2, 0.25) is 5.91 Å². The van der Waals surface area contributed by atoms with E-state index in [1.54, 1.807) is 36.5 Å². The number of para-hydroxylation sites is 1. The zero-order chi connectivity index (χ0) is 26.5. The van der Waals surface area contributed by atoms with Gasteiger partial charge in [-0.1, -0.05) is 48.5 Å². The van der Waals surface area contributed by atoms with Crippen molar-refractivity contribution in [3.63, 3.8) is 0 Å². The molecule has 4 rings (SSSR count). The highest BCUT2D eigenvalue weighted by Gasteiger charge is 2.32. The van der Waals surface area contributed by atoms with Crippen molar-refractivity contribution in [1.82, 2.24) is 15.2 Å². The van der Waals surface area contributed by atoms with Crippen molar-refractivity contribution >= 4 is 28.7 Å². The second kappa shape index (κ2) is 11.0. The number of H-pyrrole nitrogens is 1. The average Bonchev–Trinajstić information content (AvgIpc) is 3.28. The van der Waals surface area contributed by atoms with Gasteiger partial charge in [-0.3, -0.25) is 9.59 Å². The molecule has 0 bridgehead atoms. The fourth-order valence-corrected chi connectivity index (χ4v) is 4.25. The molecular weight excluding hydrogens is 480 g/mol. The molecule has 7 nitrogen and oxygen atoms in total. The molecule has 0 aliphatic heterocycles. The predicted molar refractivity (Wildman–Crippen MR) is 134 cm³/mol. The quantitative estimate of drug-likeness (QED) is 0.321. The molecule has 1 heterocycles. The van der Waals surface area contributed by atoms with Gasteiger partial charge in [0.05, 0.1) is 0 Å². The third-order valence-electron chi connectivity index (χ3n) is 6.19. The van der Waals surface area contributed by atoms with E-state index in [0.717, 1.165) is 33.5 Å². The first-order valence-corrected chi connectivity index (χ1v) is 11.6. The third-order valence-corrected chi connectivity index (χ3v) is 6.19. The monoisotopic (exact) mass is 505 g/mol. The van der Waals surface area contributed by atoms with Crippen molar-refractivity contribution in [3.05, 3.63) is 107 Å². The molecule has 3 aromatic carbocycles. The van der Waals surface area contributed by atoms with Gasteiger partial charge in [0.25, 0.3) is 5.91 Å². The van der Waals surface area contributed by atoms with E-state index in [-0.39, 0.29) is 18.4 Å². The highest BCUT2D eigenvalue weighted by Crippen LogP contribution is 2.20. The third kappa shape index (κ3) is 6.00. The number of nitrogens with one attached hydrogen (secondary N) is 2. The van der Waals surface area contributed by atoms with Crippen molar-refractivity contribution in [2.24, 2.45) is 0 Å². The van der Waals surface area contributed by atoms with Crippen LogP contribution >= 0.6 is 0 Å². The largest absolute Gasteiger partial charge is 0.480 e. The fraction of sp³-hybridized carbons (Fsp3) is 0.179. The van der Waals surface area contributed by atoms with Gasteiger partial charge in [0.1, 0.15) is 23.7 Å². The molecule has 0 aliphatic rings. The van der Waals surface area contributed by atoms with Crippen LogP contribution in [0.4, 0.5) is 8.78 Å². The number of amides is 2. The number of aliphatic carboxylic acids is 1. The zero-order valence-corrected chi connectivity index (χ0v) is 19.9. The number of nitrogens with zero attached hydrogens (tertiary/aromatic N) is 1. The van der Waals surface area contributed by atoms with Crippen LogP contribution in [0.15, 0.2) is 79.0 Å². The number of rotatable bonds is 9. The van der Waals surface area contributed by atoms with Gasteiger partial charge in [0, 0.05) is 48.6 Å². The lowest BCUT2D eigenvalue weighted by Gasteiger charge is -2.29. The highest BCUT2D eigenvalue weighted by atomic mass is 19.1. The Bertz CT molecular complexity index is 1420. The number of fused-ring (bicyclic) bond motifs is 1. The van der Waals surface area contributed by atoms with Crippen LogP contribution in [0.5, 0.6) is 0 Å². The zero-order valence-electron chi connectivity index (χ0n) is 19.9. The second-order valence-corrected chi connectivity index (χ2v) is 8.74. The number of carbonyl (C=O) groups excluding carboxylic acids is 2. The molecule has 2 atom stereocenters. The predicted octanol–water partition coefficient (Wildman–Crippen LogP) is 3.94. The van der Waals surface area contributed by atoms with Crippen LogP contribution in [0.3, 0.4) is 0 Å². The Morgan fingerprint density at radius 1 is 0.946 bits per heavy atom. The Balaban J connectivity index is 1.60. The maximum Gasteiger partial charge on any atom is 0.326 e. The van der Waals surface area contributed by atoms with Gasteiger partial charge >= 0.3 is 5.97 Å². The number of halogens is 2. The molecule has 4 aromatic rings. The van der Waals surface area contributed by atoms with Crippen molar-refractivity contribution < 1.29 is 28.3 Å². The number of carbonyl (C=O) groups is 3. The molecule has 0 spiro atoms. The molecule has 0 fully saturated rings. The number of aromatic amines is 1. The summed E-state index contributed by atoms with van der Waals surface area (Å²) in [6.07, 6.45) is 1.77. The molecule has 0 saturated carbocycles. The molecule has 0 unspecified atom stereocenters. The molecule has 1 aromatic heterocycles. The van der Waals surface area contributed by atoms with Crippen LogP contribution in [0.25, 0.3) is 10.9 Å². The SMILES string of the molecule is CN(C(=O)c1cc(F)cc(F)c1)[C@@H](Cc1ccccc1)C(=O)N[C@@H](Cc1c[nH]c2ccccc12)C(=O)O. The Morgan fingerprint density at radius 2 is 1.59 bits per heavy atom. The number of likely N-dealkylation sites (N-methyl/N-ethyl adjacent to an activating group) is 1. The lowest BCUT2D eigenvalue weighted by atomic mass is 10.0. The molecule has 0 aliphatic carbocycles. The molecule has 2 amide bonds. The van der Waals surface area contributed by atoms with Gasteiger partial charge < -0.3 is 20.3 Å². The maximum absolute atomic E-state index is 13.8. The number of carboxylic acids is 1. The van der Waals surface area contributed by atoms with E-state index >= 15 is 0 Å². The van der Waals surface area contributed by atoms with E-state index in [1.807, 2.05) is 24.3 Å². The maximum atomic E-state index is 13.8. The Labute approximate surface area is 211 Å². The summed E-state index contributed by atoms with van der Waals surface area (Å²) in [5, 5.41) is 13.3. The summed E-state index contributed by atoms with van der Waals surface area (Å²) in [7, 11) is 1.34. The van der Waals surface area contributed by atoms with E-state index in [4.69, 9.17) is 0 Å². The summed E-state index contributed by atoms with van der Waals surface area (Å²) in [5.74, 6) is -4.57. The van der Waals surface area contributed by atoms with Crippen LogP contribution < -0.4 is 5.32 Å². The second-order valence-electron chi connectivity index (χ2n) is 8.74. The molecule has 0 saturated heterocycles. The fourth-order valence-electron chi connectivity index (χ4n) is 4.25. The van der Waals surface area contributed by atoms with Crippen LogP contribution in [-0.4, -0.2) is 51.9 Å². The van der Waals surface area contributed by atoms with E-state index in [1.165, 1.54) is 7.05 Å². The number of aromatic nitrogens is 1. The minimum Gasteiger partial charge on any atom is -0.480 e. The normalized spacial score (nSPS) is 12.6. The Kier molecular flexibility index (Phi) is 7.62. The van der Waals surface area contributed by atoms with Gasteiger partial charge in [-0.2, -0.15) is 0 Å². The highest BCUT2D eigenvalue weighted by molar-refractivity contribution is 5.98. The van der Waals surface area contributed by atoms with Crippen molar-refractivity contribution in [2.45, 2.75) is 24.9 Å². The Morgan fingerprint density at radius 3 is 2.27 bits per heavy atom. The summed E-state index contributed by atoms with van der Waals surface area (Å²) < 4.78 is 27.5. The minimum absolute atomic E-state index is 0.00983.